The Balaban J connectivity index is 2.58. The van der Waals surface area contributed by atoms with Gasteiger partial charge in [0.25, 0.3) is 5.56 Å². The quantitative estimate of drug-likeness (QED) is 0.886. The van der Waals surface area contributed by atoms with E-state index < -0.39 is 0 Å². The first kappa shape index (κ1) is 14.3. The van der Waals surface area contributed by atoms with Crippen LogP contribution in [0.1, 0.15) is 31.0 Å². The molecule has 0 saturated heterocycles. The summed E-state index contributed by atoms with van der Waals surface area (Å²) in [6, 6.07) is 5.45. The summed E-state index contributed by atoms with van der Waals surface area (Å²) in [5.74, 6) is 0.714. The Morgan fingerprint density at radius 3 is 2.58 bits per heavy atom. The molecule has 1 heterocycles. The summed E-state index contributed by atoms with van der Waals surface area (Å²) in [7, 11) is 0. The number of aromatic nitrogens is 2. The average Bonchev–Trinajstić information content (AvgIpc) is 2.31. The summed E-state index contributed by atoms with van der Waals surface area (Å²) in [6.07, 6.45) is 0. The van der Waals surface area contributed by atoms with E-state index >= 15 is 0 Å². The van der Waals surface area contributed by atoms with Crippen LogP contribution in [0.2, 0.25) is 5.02 Å². The maximum absolute atomic E-state index is 12.1. The number of hydrogen-bond acceptors (Lipinski definition) is 2. The molecule has 0 aliphatic heterocycles. The van der Waals surface area contributed by atoms with Gasteiger partial charge in [-0.25, -0.2) is 4.98 Å². The maximum atomic E-state index is 12.1. The summed E-state index contributed by atoms with van der Waals surface area (Å²) in [5.41, 5.74) is 2.24. The number of benzene rings is 1. The van der Waals surface area contributed by atoms with Crippen molar-refractivity contribution in [3.05, 3.63) is 49.3 Å². The van der Waals surface area contributed by atoms with Crippen LogP contribution in [0.5, 0.6) is 0 Å². The molecule has 0 unspecified atom stereocenters. The van der Waals surface area contributed by atoms with Crippen LogP contribution in [0.3, 0.4) is 0 Å². The fraction of sp³-hybridized carbons (Fsp3) is 0.286. The monoisotopic (exact) mass is 340 g/mol. The average molecular weight is 342 g/mol. The summed E-state index contributed by atoms with van der Waals surface area (Å²) in [4.78, 5) is 19.4. The van der Waals surface area contributed by atoms with Gasteiger partial charge in [-0.05, 0) is 47.0 Å². The first-order valence-electron chi connectivity index (χ1n) is 5.96. The maximum Gasteiger partial charge on any atom is 0.254 e. The van der Waals surface area contributed by atoms with E-state index in [9.17, 15) is 4.79 Å². The second-order valence-corrected chi connectivity index (χ2v) is 5.96. The highest BCUT2D eigenvalue weighted by Gasteiger charge is 2.12. The van der Waals surface area contributed by atoms with Gasteiger partial charge in [0.1, 0.15) is 5.82 Å². The van der Waals surface area contributed by atoms with Gasteiger partial charge in [0.2, 0.25) is 0 Å². The molecule has 0 saturated carbocycles. The fourth-order valence-corrected chi connectivity index (χ4v) is 2.55. The largest absolute Gasteiger partial charge is 0.306 e. The highest BCUT2D eigenvalue weighted by atomic mass is 79.9. The molecule has 0 atom stereocenters. The van der Waals surface area contributed by atoms with E-state index in [-0.39, 0.29) is 11.5 Å². The third-order valence-electron chi connectivity index (χ3n) is 2.92. The molecule has 100 valence electrons. The molecule has 19 heavy (non-hydrogen) atoms. The van der Waals surface area contributed by atoms with Gasteiger partial charge in [-0.15, -0.1) is 0 Å². The van der Waals surface area contributed by atoms with Gasteiger partial charge >= 0.3 is 0 Å². The lowest BCUT2D eigenvalue weighted by atomic mass is 10.0. The fourth-order valence-electron chi connectivity index (χ4n) is 2.06. The van der Waals surface area contributed by atoms with Gasteiger partial charge in [0, 0.05) is 21.3 Å². The Kier molecular flexibility index (Phi) is 4.11. The summed E-state index contributed by atoms with van der Waals surface area (Å²) < 4.78 is 0.778. The second-order valence-electron chi connectivity index (χ2n) is 4.70. The van der Waals surface area contributed by atoms with Gasteiger partial charge in [0.05, 0.1) is 5.02 Å². The van der Waals surface area contributed by atoms with Gasteiger partial charge in [-0.1, -0.05) is 25.4 Å². The molecule has 0 aliphatic rings. The molecule has 1 aromatic heterocycles. The molecule has 0 bridgehead atoms. The Labute approximate surface area is 125 Å². The molecule has 0 amide bonds. The zero-order valence-corrected chi connectivity index (χ0v) is 13.3. The number of H-pyrrole nitrogens is 1. The Bertz CT molecular complexity index is 680. The normalized spacial score (nSPS) is 11.1. The summed E-state index contributed by atoms with van der Waals surface area (Å²) in [6.45, 7) is 5.83. The van der Waals surface area contributed by atoms with Crippen molar-refractivity contribution >= 4 is 27.5 Å². The number of nitrogens with zero attached hydrogens (tertiary/aromatic N) is 1. The number of rotatable bonds is 2. The zero-order valence-electron chi connectivity index (χ0n) is 10.9. The topological polar surface area (TPSA) is 45.8 Å². The van der Waals surface area contributed by atoms with Crippen LogP contribution in [0.25, 0.3) is 11.4 Å². The molecule has 0 aliphatic carbocycles. The highest BCUT2D eigenvalue weighted by Crippen LogP contribution is 2.27. The Morgan fingerprint density at radius 1 is 1.37 bits per heavy atom. The van der Waals surface area contributed by atoms with Gasteiger partial charge in [-0.3, -0.25) is 4.79 Å². The smallest absolute Gasteiger partial charge is 0.254 e. The predicted molar refractivity (Wildman–Crippen MR) is 81.8 cm³/mol. The third-order valence-corrected chi connectivity index (χ3v) is 4.13. The van der Waals surface area contributed by atoms with Crippen molar-refractivity contribution in [2.75, 3.05) is 0 Å². The first-order valence-corrected chi connectivity index (χ1v) is 7.13. The van der Waals surface area contributed by atoms with Crippen LogP contribution in [0.15, 0.2) is 27.5 Å². The molecule has 0 radical (unpaired) electrons. The number of nitrogens with one attached hydrogen (secondary N) is 1. The van der Waals surface area contributed by atoms with Gasteiger partial charge in [0.15, 0.2) is 0 Å². The van der Waals surface area contributed by atoms with E-state index in [0.29, 0.717) is 10.8 Å². The molecule has 2 rings (SSSR count). The molecule has 0 spiro atoms. The third kappa shape index (κ3) is 2.90. The van der Waals surface area contributed by atoms with Crippen molar-refractivity contribution < 1.29 is 0 Å². The van der Waals surface area contributed by atoms with Crippen molar-refractivity contribution in [2.45, 2.75) is 26.7 Å². The second kappa shape index (κ2) is 5.47. The van der Waals surface area contributed by atoms with Crippen molar-refractivity contribution in [1.29, 1.82) is 0 Å². The number of halogens is 2. The summed E-state index contributed by atoms with van der Waals surface area (Å²) in [5, 5.41) is 0.626. The minimum absolute atomic E-state index is 0.0800. The van der Waals surface area contributed by atoms with Crippen molar-refractivity contribution in [3.63, 3.8) is 0 Å². The molecule has 1 N–H and O–H groups in total. The number of aryl methyl sites for hydroxylation is 1. The lowest BCUT2D eigenvalue weighted by Crippen LogP contribution is -2.18. The van der Waals surface area contributed by atoms with Gasteiger partial charge < -0.3 is 4.98 Å². The first-order chi connectivity index (χ1) is 8.90. The lowest BCUT2D eigenvalue weighted by Gasteiger charge is -2.10. The number of hydrogen-bond donors (Lipinski definition) is 1. The van der Waals surface area contributed by atoms with E-state index in [1.165, 1.54) is 0 Å². The standard InChI is InChI=1S/C14H14BrClN2O/c1-7(2)12-8(3)17-13(18-14(12)19)9-4-5-11(16)10(15)6-9/h4-7H,1-3H3,(H,17,18,19). The van der Waals surface area contributed by atoms with E-state index in [1.807, 2.05) is 32.9 Å². The van der Waals surface area contributed by atoms with E-state index in [1.54, 1.807) is 6.07 Å². The summed E-state index contributed by atoms with van der Waals surface area (Å²) >= 11 is 9.32. The van der Waals surface area contributed by atoms with Crippen LogP contribution in [0.4, 0.5) is 0 Å². The highest BCUT2D eigenvalue weighted by molar-refractivity contribution is 9.10. The van der Waals surface area contributed by atoms with Crippen molar-refractivity contribution in [1.82, 2.24) is 9.97 Å². The molecule has 1 aromatic carbocycles. The van der Waals surface area contributed by atoms with E-state index in [4.69, 9.17) is 11.6 Å². The van der Waals surface area contributed by atoms with E-state index in [2.05, 4.69) is 25.9 Å². The molecular weight excluding hydrogens is 328 g/mol. The van der Waals surface area contributed by atoms with Crippen molar-refractivity contribution in [2.24, 2.45) is 0 Å². The SMILES string of the molecule is Cc1nc(-c2ccc(Cl)c(Br)c2)[nH]c(=O)c1C(C)C. The van der Waals surface area contributed by atoms with E-state index in [0.717, 1.165) is 21.3 Å². The zero-order chi connectivity index (χ0) is 14.2. The van der Waals surface area contributed by atoms with Crippen LogP contribution in [-0.2, 0) is 0 Å². The Hall–Kier alpha value is -1.13. The lowest BCUT2D eigenvalue weighted by molar-refractivity contribution is 0.815. The minimum atomic E-state index is -0.0800. The Morgan fingerprint density at radius 2 is 2.05 bits per heavy atom. The predicted octanol–water partition coefficient (Wildman–Crippen LogP) is 4.28. The molecule has 3 nitrogen and oxygen atoms in total. The number of aromatic amines is 1. The van der Waals surface area contributed by atoms with Crippen LogP contribution < -0.4 is 5.56 Å². The molecular formula is C14H14BrClN2O. The van der Waals surface area contributed by atoms with Crippen LogP contribution in [0, 0.1) is 6.92 Å². The molecule has 2 aromatic rings. The molecule has 0 fully saturated rings. The molecule has 5 heteroatoms. The van der Waals surface area contributed by atoms with Crippen molar-refractivity contribution in [3.8, 4) is 11.4 Å². The minimum Gasteiger partial charge on any atom is -0.306 e. The van der Waals surface area contributed by atoms with Gasteiger partial charge in [-0.2, -0.15) is 0 Å². The van der Waals surface area contributed by atoms with Crippen LogP contribution >= 0.6 is 27.5 Å². The van der Waals surface area contributed by atoms with Crippen LogP contribution in [-0.4, -0.2) is 9.97 Å².